The second kappa shape index (κ2) is 7.79. The van der Waals surface area contributed by atoms with E-state index in [4.69, 9.17) is 0 Å². The van der Waals surface area contributed by atoms with Gasteiger partial charge >= 0.3 is 0 Å². The molecule has 122 valence electrons. The van der Waals surface area contributed by atoms with Gasteiger partial charge in [0, 0.05) is 30.3 Å². The van der Waals surface area contributed by atoms with Crippen molar-refractivity contribution in [2.24, 2.45) is 5.92 Å². The van der Waals surface area contributed by atoms with Gasteiger partial charge in [-0.1, -0.05) is 30.3 Å². The summed E-state index contributed by atoms with van der Waals surface area (Å²) < 4.78 is 0.898. The maximum Gasteiger partial charge on any atom is 0.267 e. The van der Waals surface area contributed by atoms with Crippen molar-refractivity contribution in [1.29, 1.82) is 0 Å². The van der Waals surface area contributed by atoms with Crippen LogP contribution >= 0.6 is 15.9 Å². The second-order valence-electron chi connectivity index (χ2n) is 6.17. The number of rotatable bonds is 5. The highest BCUT2D eigenvalue weighted by atomic mass is 79.9. The number of likely N-dealkylation sites (tertiary alicyclic amines) is 1. The van der Waals surface area contributed by atoms with Gasteiger partial charge in [-0.15, -0.1) is 0 Å². The number of nitrogens with one attached hydrogen (secondary N) is 2. The number of aromatic nitrogens is 1. The van der Waals surface area contributed by atoms with Crippen molar-refractivity contribution in [3.63, 3.8) is 0 Å². The van der Waals surface area contributed by atoms with Crippen molar-refractivity contribution < 1.29 is 4.79 Å². The van der Waals surface area contributed by atoms with Crippen LogP contribution in [-0.2, 0) is 6.54 Å². The van der Waals surface area contributed by atoms with Gasteiger partial charge in [-0.05, 0) is 52.9 Å². The van der Waals surface area contributed by atoms with Crippen LogP contribution in [0.2, 0.25) is 0 Å². The number of carbonyl (C=O) groups is 1. The van der Waals surface area contributed by atoms with Crippen LogP contribution in [0, 0.1) is 5.92 Å². The van der Waals surface area contributed by atoms with Gasteiger partial charge in [0.25, 0.3) is 5.91 Å². The number of hydrogen-bond acceptors (Lipinski definition) is 2. The molecule has 2 heterocycles. The van der Waals surface area contributed by atoms with Gasteiger partial charge in [0.05, 0.1) is 0 Å². The summed E-state index contributed by atoms with van der Waals surface area (Å²) in [5.74, 6) is 0.491. The number of benzene rings is 1. The molecule has 1 aliphatic heterocycles. The van der Waals surface area contributed by atoms with Gasteiger partial charge in [-0.2, -0.15) is 0 Å². The Kier molecular flexibility index (Phi) is 5.51. The van der Waals surface area contributed by atoms with Crippen LogP contribution in [0.1, 0.15) is 28.9 Å². The smallest absolute Gasteiger partial charge is 0.267 e. The van der Waals surface area contributed by atoms with Crippen LogP contribution in [0.25, 0.3) is 0 Å². The Morgan fingerprint density at radius 2 is 2.17 bits per heavy atom. The third-order valence-electron chi connectivity index (χ3n) is 4.30. The predicted octanol–water partition coefficient (Wildman–Crippen LogP) is 3.42. The lowest BCUT2D eigenvalue weighted by Gasteiger charge is -2.32. The van der Waals surface area contributed by atoms with Crippen molar-refractivity contribution in [3.05, 3.63) is 58.3 Å². The Bertz CT molecular complexity index is 641. The molecule has 1 saturated heterocycles. The summed E-state index contributed by atoms with van der Waals surface area (Å²) in [6.45, 7) is 3.92. The highest BCUT2D eigenvalue weighted by Gasteiger charge is 2.20. The lowest BCUT2D eigenvalue weighted by Crippen LogP contribution is -2.40. The maximum absolute atomic E-state index is 12.1. The molecule has 2 N–H and O–H groups in total. The molecule has 23 heavy (non-hydrogen) atoms. The Morgan fingerprint density at radius 1 is 1.35 bits per heavy atom. The molecule has 1 aromatic carbocycles. The highest BCUT2D eigenvalue weighted by Crippen LogP contribution is 2.18. The third-order valence-corrected chi connectivity index (χ3v) is 4.75. The van der Waals surface area contributed by atoms with E-state index in [9.17, 15) is 4.79 Å². The SMILES string of the molecule is O=C(NCC1CCCN(Cc2ccccc2)C1)c1cc(Br)c[nH]1. The Labute approximate surface area is 145 Å². The average Bonchev–Trinajstić information content (AvgIpc) is 3.01. The number of H-pyrrole nitrogens is 1. The number of nitrogens with zero attached hydrogens (tertiary/aromatic N) is 1. The van der Waals surface area contributed by atoms with Gasteiger partial charge in [-0.3, -0.25) is 9.69 Å². The quantitative estimate of drug-likeness (QED) is 0.840. The summed E-state index contributed by atoms with van der Waals surface area (Å²) >= 11 is 3.35. The van der Waals surface area contributed by atoms with Crippen LogP contribution in [0.15, 0.2) is 47.1 Å². The number of halogens is 1. The minimum absolute atomic E-state index is 0.0316. The minimum atomic E-state index is -0.0316. The first-order chi connectivity index (χ1) is 11.2. The van der Waals surface area contributed by atoms with Crippen molar-refractivity contribution in [2.45, 2.75) is 19.4 Å². The summed E-state index contributed by atoms with van der Waals surface area (Å²) in [6, 6.07) is 12.4. The fraction of sp³-hybridized carbons (Fsp3) is 0.389. The lowest BCUT2D eigenvalue weighted by atomic mass is 9.97. The van der Waals surface area contributed by atoms with Crippen LogP contribution in [0.4, 0.5) is 0 Å². The number of carbonyl (C=O) groups excluding carboxylic acids is 1. The van der Waals surface area contributed by atoms with Crippen molar-refractivity contribution in [2.75, 3.05) is 19.6 Å². The molecular weight excluding hydrogens is 354 g/mol. The molecule has 4 nitrogen and oxygen atoms in total. The largest absolute Gasteiger partial charge is 0.356 e. The summed E-state index contributed by atoms with van der Waals surface area (Å²) in [5.41, 5.74) is 1.96. The number of amides is 1. The zero-order valence-electron chi connectivity index (χ0n) is 13.1. The standard InChI is InChI=1S/C18H22BrN3O/c19-16-9-17(20-11-16)18(23)21-10-15-7-4-8-22(13-15)12-14-5-2-1-3-6-14/h1-3,5-6,9,11,15,20H,4,7-8,10,12-13H2,(H,21,23). The van der Waals surface area contributed by atoms with Gasteiger partial charge in [0.15, 0.2) is 0 Å². The molecule has 1 atom stereocenters. The molecule has 2 aromatic rings. The molecule has 0 spiro atoms. The number of piperidine rings is 1. The molecule has 1 aliphatic rings. The van der Waals surface area contributed by atoms with Crippen LogP contribution in [0.3, 0.4) is 0 Å². The molecule has 1 fully saturated rings. The van der Waals surface area contributed by atoms with Crippen molar-refractivity contribution >= 4 is 21.8 Å². The maximum atomic E-state index is 12.1. The monoisotopic (exact) mass is 375 g/mol. The molecule has 0 aliphatic carbocycles. The second-order valence-corrected chi connectivity index (χ2v) is 7.09. The highest BCUT2D eigenvalue weighted by molar-refractivity contribution is 9.10. The van der Waals surface area contributed by atoms with Crippen molar-refractivity contribution in [1.82, 2.24) is 15.2 Å². The van der Waals surface area contributed by atoms with E-state index in [1.54, 1.807) is 12.3 Å². The van der Waals surface area contributed by atoms with E-state index >= 15 is 0 Å². The first-order valence-corrected chi connectivity index (χ1v) is 8.88. The Hall–Kier alpha value is -1.59. The zero-order chi connectivity index (χ0) is 16.1. The van der Waals surface area contributed by atoms with Crippen LogP contribution in [-0.4, -0.2) is 35.4 Å². The van der Waals surface area contributed by atoms with Gasteiger partial charge < -0.3 is 10.3 Å². The topological polar surface area (TPSA) is 48.1 Å². The van der Waals surface area contributed by atoms with E-state index in [-0.39, 0.29) is 5.91 Å². The lowest BCUT2D eigenvalue weighted by molar-refractivity contribution is 0.0926. The average molecular weight is 376 g/mol. The summed E-state index contributed by atoms with van der Waals surface area (Å²) in [6.07, 6.45) is 4.15. The Balaban J connectivity index is 1.48. The molecule has 0 radical (unpaired) electrons. The van der Waals surface area contributed by atoms with E-state index in [1.165, 1.54) is 18.4 Å². The van der Waals surface area contributed by atoms with Gasteiger partial charge in [0.1, 0.15) is 5.69 Å². The predicted molar refractivity (Wildman–Crippen MR) is 95.3 cm³/mol. The summed E-state index contributed by atoms with van der Waals surface area (Å²) in [4.78, 5) is 17.5. The molecule has 1 aromatic heterocycles. The number of aromatic amines is 1. The molecule has 0 saturated carbocycles. The van der Waals surface area contributed by atoms with E-state index in [2.05, 4.69) is 61.5 Å². The van der Waals surface area contributed by atoms with E-state index in [1.807, 2.05) is 0 Å². The van der Waals surface area contributed by atoms with E-state index < -0.39 is 0 Å². The van der Waals surface area contributed by atoms with Crippen molar-refractivity contribution in [3.8, 4) is 0 Å². The summed E-state index contributed by atoms with van der Waals surface area (Å²) in [5, 5.41) is 3.05. The van der Waals surface area contributed by atoms with Gasteiger partial charge in [-0.25, -0.2) is 0 Å². The first kappa shape index (κ1) is 16.3. The number of hydrogen-bond donors (Lipinski definition) is 2. The third kappa shape index (κ3) is 4.69. The molecule has 5 heteroatoms. The molecule has 1 unspecified atom stereocenters. The molecule has 3 rings (SSSR count). The van der Waals surface area contributed by atoms with E-state index in [0.717, 1.165) is 30.7 Å². The fourth-order valence-corrected chi connectivity index (χ4v) is 3.48. The Morgan fingerprint density at radius 3 is 2.91 bits per heavy atom. The van der Waals surface area contributed by atoms with Crippen LogP contribution in [0.5, 0.6) is 0 Å². The minimum Gasteiger partial charge on any atom is -0.356 e. The zero-order valence-corrected chi connectivity index (χ0v) is 14.7. The van der Waals surface area contributed by atoms with Crippen LogP contribution < -0.4 is 5.32 Å². The molecule has 1 amide bonds. The molecule has 0 bridgehead atoms. The summed E-state index contributed by atoms with van der Waals surface area (Å²) in [7, 11) is 0. The fourth-order valence-electron chi connectivity index (χ4n) is 3.13. The van der Waals surface area contributed by atoms with E-state index in [0.29, 0.717) is 11.6 Å². The normalized spacial score (nSPS) is 18.7. The first-order valence-electron chi connectivity index (χ1n) is 8.09. The van der Waals surface area contributed by atoms with Gasteiger partial charge in [0.2, 0.25) is 0 Å². The molecular formula is C18H22BrN3O.